The van der Waals surface area contributed by atoms with Gasteiger partial charge in [0.05, 0.1) is 11.7 Å². The van der Waals surface area contributed by atoms with Crippen LogP contribution in [0.15, 0.2) is 46.2 Å². The predicted octanol–water partition coefficient (Wildman–Crippen LogP) is 2.73. The number of nitrogens with zero attached hydrogens (tertiary/aromatic N) is 3. The zero-order valence-corrected chi connectivity index (χ0v) is 13.9. The van der Waals surface area contributed by atoms with E-state index in [1.54, 1.807) is 0 Å². The number of fused-ring (bicyclic) bond motifs is 1. The Kier molecular flexibility index (Phi) is 4.17. The van der Waals surface area contributed by atoms with E-state index in [4.69, 9.17) is 0 Å². The second-order valence-electron chi connectivity index (χ2n) is 6.66. The number of aromatic amines is 1. The smallest absolute Gasteiger partial charge is 0.293 e. The summed E-state index contributed by atoms with van der Waals surface area (Å²) in [5.41, 5.74) is 0.891. The molecule has 1 saturated carbocycles. The van der Waals surface area contributed by atoms with Crippen molar-refractivity contribution in [1.29, 1.82) is 0 Å². The number of hydrogen-bond donors (Lipinski definition) is 1. The Labute approximate surface area is 144 Å². The minimum atomic E-state index is -0.335. The van der Waals surface area contributed by atoms with Gasteiger partial charge in [-0.3, -0.25) is 9.59 Å². The van der Waals surface area contributed by atoms with Crippen molar-refractivity contribution in [3.8, 4) is 11.3 Å². The molecule has 1 fully saturated rings. The number of H-pyrrole nitrogens is 1. The Morgan fingerprint density at radius 1 is 1.08 bits per heavy atom. The number of nitrogens with one attached hydrogen (secondary N) is 1. The topological polar surface area (TPSA) is 80.6 Å². The molecule has 0 radical (unpaired) electrons. The highest BCUT2D eigenvalue weighted by Gasteiger charge is 2.20. The van der Waals surface area contributed by atoms with Gasteiger partial charge in [-0.05, 0) is 18.8 Å². The maximum absolute atomic E-state index is 12.8. The van der Waals surface area contributed by atoms with Crippen LogP contribution in [0.2, 0.25) is 0 Å². The standard InChI is InChI=1S/C19H20N4O2/c24-18-15-16(14-9-5-2-6-10-14)22-23(11-13-7-3-1-4-8-13)19(25)17(15)20-12-21-18/h2,5-6,9-10,12-13H,1,3-4,7-8,11H2,(H,20,21,24). The molecule has 0 amide bonds. The molecule has 2 heterocycles. The lowest BCUT2D eigenvalue weighted by Gasteiger charge is -2.22. The van der Waals surface area contributed by atoms with E-state index in [1.165, 1.54) is 30.3 Å². The summed E-state index contributed by atoms with van der Waals surface area (Å²) in [6, 6.07) is 9.48. The summed E-state index contributed by atoms with van der Waals surface area (Å²) >= 11 is 0. The van der Waals surface area contributed by atoms with Crippen LogP contribution in [0, 0.1) is 5.92 Å². The first-order chi connectivity index (χ1) is 12.2. The predicted molar refractivity (Wildman–Crippen MR) is 96.4 cm³/mol. The third kappa shape index (κ3) is 2.99. The molecule has 0 unspecified atom stereocenters. The summed E-state index contributed by atoms with van der Waals surface area (Å²) in [6.07, 6.45) is 7.20. The molecule has 0 bridgehead atoms. The van der Waals surface area contributed by atoms with Crippen LogP contribution in [0.4, 0.5) is 0 Å². The molecule has 1 aliphatic carbocycles. The lowest BCUT2D eigenvalue weighted by molar-refractivity contribution is 0.304. The van der Waals surface area contributed by atoms with E-state index in [-0.39, 0.29) is 22.0 Å². The lowest BCUT2D eigenvalue weighted by atomic mass is 9.89. The first-order valence-electron chi connectivity index (χ1n) is 8.78. The maximum atomic E-state index is 12.8. The molecule has 1 aliphatic rings. The highest BCUT2D eigenvalue weighted by atomic mass is 16.1. The van der Waals surface area contributed by atoms with E-state index < -0.39 is 0 Å². The molecule has 1 N–H and O–H groups in total. The number of aromatic nitrogens is 4. The molecule has 128 valence electrons. The zero-order chi connectivity index (χ0) is 17.2. The van der Waals surface area contributed by atoms with Crippen molar-refractivity contribution in [3.05, 3.63) is 57.4 Å². The quantitative estimate of drug-likeness (QED) is 0.797. The fourth-order valence-electron chi connectivity index (χ4n) is 3.66. The van der Waals surface area contributed by atoms with E-state index in [0.29, 0.717) is 18.2 Å². The lowest BCUT2D eigenvalue weighted by Crippen LogP contribution is -2.30. The first-order valence-corrected chi connectivity index (χ1v) is 8.78. The molecular formula is C19H20N4O2. The Bertz CT molecular complexity index is 1000. The van der Waals surface area contributed by atoms with Crippen LogP contribution in [0.3, 0.4) is 0 Å². The fraction of sp³-hybridized carbons (Fsp3) is 0.368. The van der Waals surface area contributed by atoms with Crippen molar-refractivity contribution in [3.63, 3.8) is 0 Å². The molecule has 6 heteroatoms. The first kappa shape index (κ1) is 15.7. The van der Waals surface area contributed by atoms with Crippen LogP contribution in [0.25, 0.3) is 22.2 Å². The van der Waals surface area contributed by atoms with Gasteiger partial charge in [-0.2, -0.15) is 5.10 Å². The minimum absolute atomic E-state index is 0.188. The zero-order valence-electron chi connectivity index (χ0n) is 13.9. The van der Waals surface area contributed by atoms with Crippen LogP contribution in [-0.2, 0) is 6.54 Å². The van der Waals surface area contributed by atoms with Crippen molar-refractivity contribution >= 4 is 10.9 Å². The van der Waals surface area contributed by atoms with Gasteiger partial charge in [0.25, 0.3) is 11.1 Å². The van der Waals surface area contributed by atoms with Gasteiger partial charge < -0.3 is 4.98 Å². The van der Waals surface area contributed by atoms with Crippen LogP contribution in [0.5, 0.6) is 0 Å². The molecule has 0 spiro atoms. The Morgan fingerprint density at radius 3 is 2.60 bits per heavy atom. The monoisotopic (exact) mass is 336 g/mol. The average molecular weight is 336 g/mol. The average Bonchev–Trinajstić information content (AvgIpc) is 2.66. The summed E-state index contributed by atoms with van der Waals surface area (Å²) < 4.78 is 1.51. The maximum Gasteiger partial charge on any atom is 0.293 e. The summed E-state index contributed by atoms with van der Waals surface area (Å²) in [5.74, 6) is 0.460. The summed E-state index contributed by atoms with van der Waals surface area (Å²) in [6.45, 7) is 0.586. The second kappa shape index (κ2) is 6.63. The van der Waals surface area contributed by atoms with Crippen LogP contribution in [0.1, 0.15) is 32.1 Å². The third-order valence-corrected chi connectivity index (χ3v) is 4.95. The van der Waals surface area contributed by atoms with Crippen LogP contribution < -0.4 is 11.1 Å². The fourth-order valence-corrected chi connectivity index (χ4v) is 3.66. The van der Waals surface area contributed by atoms with Gasteiger partial charge in [0.2, 0.25) is 0 Å². The van der Waals surface area contributed by atoms with Gasteiger partial charge >= 0.3 is 0 Å². The van der Waals surface area contributed by atoms with Gasteiger partial charge in [-0.25, -0.2) is 9.67 Å². The molecule has 25 heavy (non-hydrogen) atoms. The van der Waals surface area contributed by atoms with Crippen molar-refractivity contribution in [2.75, 3.05) is 0 Å². The molecule has 0 saturated heterocycles. The molecule has 6 nitrogen and oxygen atoms in total. The molecule has 4 rings (SSSR count). The van der Waals surface area contributed by atoms with E-state index in [1.807, 2.05) is 30.3 Å². The Balaban J connectivity index is 1.91. The van der Waals surface area contributed by atoms with E-state index in [0.717, 1.165) is 18.4 Å². The van der Waals surface area contributed by atoms with Crippen molar-refractivity contribution < 1.29 is 0 Å². The van der Waals surface area contributed by atoms with Crippen LogP contribution in [-0.4, -0.2) is 19.7 Å². The molecular weight excluding hydrogens is 316 g/mol. The molecule has 0 aliphatic heterocycles. The normalized spacial score (nSPS) is 15.5. The third-order valence-electron chi connectivity index (χ3n) is 4.95. The largest absolute Gasteiger partial charge is 0.313 e. The molecule has 1 aromatic carbocycles. The number of rotatable bonds is 3. The Hall–Kier alpha value is -2.76. The second-order valence-corrected chi connectivity index (χ2v) is 6.66. The number of benzene rings is 1. The Morgan fingerprint density at radius 2 is 1.84 bits per heavy atom. The summed E-state index contributed by atoms with van der Waals surface area (Å²) in [5, 5.41) is 4.83. The van der Waals surface area contributed by atoms with Gasteiger partial charge in [0, 0.05) is 12.1 Å². The van der Waals surface area contributed by atoms with E-state index in [9.17, 15) is 9.59 Å². The summed E-state index contributed by atoms with van der Waals surface area (Å²) in [7, 11) is 0. The van der Waals surface area contributed by atoms with Gasteiger partial charge in [0.1, 0.15) is 11.2 Å². The minimum Gasteiger partial charge on any atom is -0.313 e. The molecule has 2 aromatic heterocycles. The highest BCUT2D eigenvalue weighted by Crippen LogP contribution is 2.25. The van der Waals surface area contributed by atoms with Crippen LogP contribution >= 0.6 is 0 Å². The van der Waals surface area contributed by atoms with Crippen molar-refractivity contribution in [2.24, 2.45) is 5.92 Å². The SMILES string of the molecule is O=c1[nH]cnc2c(=O)n(CC3CCCCC3)nc(-c3ccccc3)c12. The summed E-state index contributed by atoms with van der Waals surface area (Å²) in [4.78, 5) is 31.9. The van der Waals surface area contributed by atoms with Crippen molar-refractivity contribution in [1.82, 2.24) is 19.7 Å². The molecule has 0 atom stereocenters. The van der Waals surface area contributed by atoms with Crippen molar-refractivity contribution in [2.45, 2.75) is 38.6 Å². The van der Waals surface area contributed by atoms with Gasteiger partial charge in [0.15, 0.2) is 0 Å². The van der Waals surface area contributed by atoms with Gasteiger partial charge in [-0.1, -0.05) is 49.6 Å². The number of hydrogen-bond acceptors (Lipinski definition) is 4. The van der Waals surface area contributed by atoms with E-state index in [2.05, 4.69) is 15.1 Å². The van der Waals surface area contributed by atoms with E-state index >= 15 is 0 Å². The molecule has 3 aromatic rings. The van der Waals surface area contributed by atoms with Gasteiger partial charge in [-0.15, -0.1) is 0 Å². The highest BCUT2D eigenvalue weighted by molar-refractivity contribution is 5.90.